The molecule has 0 spiro atoms. The third-order valence-corrected chi connectivity index (χ3v) is 4.97. The van der Waals surface area contributed by atoms with Crippen molar-refractivity contribution in [2.24, 2.45) is 7.05 Å². The van der Waals surface area contributed by atoms with Crippen molar-refractivity contribution in [2.45, 2.75) is 5.60 Å². The van der Waals surface area contributed by atoms with Crippen molar-refractivity contribution >= 4 is 28.6 Å². The minimum absolute atomic E-state index is 0.0691. The summed E-state index contributed by atoms with van der Waals surface area (Å²) in [4.78, 5) is 12.9. The van der Waals surface area contributed by atoms with Crippen LogP contribution in [0.4, 0.5) is 0 Å². The Hall–Kier alpha value is -2.03. The van der Waals surface area contributed by atoms with Crippen LogP contribution in [-0.2, 0) is 12.6 Å². The van der Waals surface area contributed by atoms with Crippen molar-refractivity contribution in [1.82, 2.24) is 20.3 Å². The summed E-state index contributed by atoms with van der Waals surface area (Å²) in [5.74, 6) is -0.363. The maximum atomic E-state index is 12.1. The molecule has 0 aromatic carbocycles. The number of thiophene rings is 2. The number of nitrogens with zero attached hydrogens (tertiary/aromatic N) is 3. The number of aryl methyl sites for hydroxylation is 1. The van der Waals surface area contributed by atoms with E-state index >= 15 is 0 Å². The zero-order valence-corrected chi connectivity index (χ0v) is 13.4. The average molecular weight is 334 g/mol. The van der Waals surface area contributed by atoms with E-state index in [0.29, 0.717) is 0 Å². The van der Waals surface area contributed by atoms with E-state index in [2.05, 4.69) is 15.6 Å². The molecule has 0 aliphatic carbocycles. The molecule has 2 N–H and O–H groups in total. The quantitative estimate of drug-likeness (QED) is 0.743. The molecule has 3 aromatic rings. The highest BCUT2D eigenvalue weighted by atomic mass is 32.1. The monoisotopic (exact) mass is 334 g/mol. The van der Waals surface area contributed by atoms with Crippen molar-refractivity contribution in [3.8, 4) is 0 Å². The maximum Gasteiger partial charge on any atom is 0.273 e. The molecular weight excluding hydrogens is 320 g/mol. The van der Waals surface area contributed by atoms with Crippen LogP contribution in [0, 0.1) is 0 Å². The molecule has 0 saturated heterocycles. The van der Waals surface area contributed by atoms with E-state index in [1.54, 1.807) is 7.05 Å². The summed E-state index contributed by atoms with van der Waals surface area (Å²) < 4.78 is 1.46. The largest absolute Gasteiger partial charge is 0.378 e. The first-order valence-electron chi connectivity index (χ1n) is 6.53. The summed E-state index contributed by atoms with van der Waals surface area (Å²) in [6.07, 6.45) is 1.53. The topological polar surface area (TPSA) is 80.0 Å². The first kappa shape index (κ1) is 14.9. The molecule has 114 valence electrons. The van der Waals surface area contributed by atoms with E-state index in [1.807, 2.05) is 34.3 Å². The number of aromatic nitrogens is 3. The molecule has 0 bridgehead atoms. The van der Waals surface area contributed by atoms with E-state index in [1.165, 1.54) is 33.6 Å². The Kier molecular flexibility index (Phi) is 4.06. The molecule has 22 heavy (non-hydrogen) atoms. The van der Waals surface area contributed by atoms with Crippen LogP contribution in [0.5, 0.6) is 0 Å². The van der Waals surface area contributed by atoms with Gasteiger partial charge >= 0.3 is 0 Å². The van der Waals surface area contributed by atoms with Crippen molar-refractivity contribution in [1.29, 1.82) is 0 Å². The van der Waals surface area contributed by atoms with Crippen LogP contribution in [-0.4, -0.2) is 32.6 Å². The van der Waals surface area contributed by atoms with Gasteiger partial charge in [0.25, 0.3) is 5.91 Å². The first-order chi connectivity index (χ1) is 10.6. The summed E-state index contributed by atoms with van der Waals surface area (Å²) >= 11 is 2.95. The molecule has 1 atom stereocenters. The molecule has 0 aliphatic heterocycles. The van der Waals surface area contributed by atoms with Crippen LogP contribution < -0.4 is 5.32 Å². The first-order valence-corrected chi connectivity index (χ1v) is 8.35. The Morgan fingerprint density at radius 3 is 2.91 bits per heavy atom. The van der Waals surface area contributed by atoms with Crippen molar-refractivity contribution in [2.75, 3.05) is 6.54 Å². The van der Waals surface area contributed by atoms with Gasteiger partial charge in [0.05, 0.1) is 12.7 Å². The molecule has 0 saturated carbocycles. The third kappa shape index (κ3) is 2.80. The second kappa shape index (κ2) is 5.99. The normalized spacial score (nSPS) is 13.7. The zero-order valence-electron chi connectivity index (χ0n) is 11.8. The lowest BCUT2D eigenvalue weighted by Gasteiger charge is -2.26. The van der Waals surface area contributed by atoms with E-state index in [4.69, 9.17) is 0 Å². The summed E-state index contributed by atoms with van der Waals surface area (Å²) in [5.41, 5.74) is -0.257. The van der Waals surface area contributed by atoms with Crippen molar-refractivity contribution in [3.05, 3.63) is 56.7 Å². The molecule has 0 radical (unpaired) electrons. The lowest BCUT2D eigenvalue weighted by atomic mass is 9.94. The smallest absolute Gasteiger partial charge is 0.273 e. The number of nitrogens with one attached hydrogen (secondary N) is 1. The van der Waals surface area contributed by atoms with Crippen LogP contribution in [0.25, 0.3) is 0 Å². The van der Waals surface area contributed by atoms with Gasteiger partial charge < -0.3 is 10.4 Å². The molecule has 0 fully saturated rings. The summed E-state index contributed by atoms with van der Waals surface area (Å²) in [5, 5.41) is 27.0. The Balaban J connectivity index is 1.81. The predicted molar refractivity (Wildman–Crippen MR) is 85.0 cm³/mol. The Bertz CT molecular complexity index is 716. The van der Waals surface area contributed by atoms with Crippen LogP contribution in [0.1, 0.15) is 20.9 Å². The molecule has 1 unspecified atom stereocenters. The SMILES string of the molecule is Cn1cc(C(=O)NCC(O)(c2ccsc2)c2cccs2)nn1. The van der Waals surface area contributed by atoms with E-state index < -0.39 is 5.60 Å². The van der Waals surface area contributed by atoms with E-state index in [9.17, 15) is 9.90 Å². The lowest BCUT2D eigenvalue weighted by Crippen LogP contribution is -2.41. The molecule has 3 heterocycles. The van der Waals surface area contributed by atoms with Crippen LogP contribution >= 0.6 is 22.7 Å². The Morgan fingerprint density at radius 1 is 1.45 bits per heavy atom. The number of rotatable bonds is 5. The average Bonchev–Trinajstić information content (AvgIpc) is 3.24. The molecule has 8 heteroatoms. The molecule has 0 aliphatic rings. The standard InChI is InChI=1S/C14H14N4O2S2/c1-18-7-11(16-17-18)13(19)15-9-14(20,10-4-6-21-8-10)12-3-2-5-22-12/h2-8,20H,9H2,1H3,(H,15,19). The van der Waals surface area contributed by atoms with Crippen molar-refractivity contribution in [3.63, 3.8) is 0 Å². The number of hydrogen-bond donors (Lipinski definition) is 2. The number of aliphatic hydroxyl groups is 1. The Morgan fingerprint density at radius 2 is 2.32 bits per heavy atom. The number of hydrogen-bond acceptors (Lipinski definition) is 6. The third-order valence-electron chi connectivity index (χ3n) is 3.27. The van der Waals surface area contributed by atoms with Gasteiger partial charge in [-0.1, -0.05) is 11.3 Å². The summed E-state index contributed by atoms with van der Waals surface area (Å²) in [6.45, 7) is 0.0691. The van der Waals surface area contributed by atoms with Gasteiger partial charge in [-0.3, -0.25) is 9.48 Å². The maximum absolute atomic E-state index is 12.1. The Labute approximate surface area is 135 Å². The van der Waals surface area contributed by atoms with Gasteiger partial charge in [-0.25, -0.2) is 0 Å². The van der Waals surface area contributed by atoms with Gasteiger partial charge in [0, 0.05) is 17.5 Å². The zero-order chi connectivity index (χ0) is 15.6. The summed E-state index contributed by atoms with van der Waals surface area (Å²) in [7, 11) is 1.69. The minimum atomic E-state index is -1.24. The van der Waals surface area contributed by atoms with Gasteiger partial charge in [0.1, 0.15) is 5.60 Å². The van der Waals surface area contributed by atoms with Crippen molar-refractivity contribution < 1.29 is 9.90 Å². The number of carbonyl (C=O) groups is 1. The second-order valence-corrected chi connectivity index (χ2v) is 6.54. The molecule has 6 nitrogen and oxygen atoms in total. The fraction of sp³-hybridized carbons (Fsp3) is 0.214. The molecular formula is C14H14N4O2S2. The minimum Gasteiger partial charge on any atom is -0.378 e. The van der Waals surface area contributed by atoms with E-state index in [0.717, 1.165) is 10.4 Å². The number of carbonyl (C=O) groups excluding carboxylic acids is 1. The number of amides is 1. The second-order valence-electron chi connectivity index (χ2n) is 4.81. The summed E-state index contributed by atoms with van der Waals surface area (Å²) in [6, 6.07) is 5.59. The fourth-order valence-electron chi connectivity index (χ4n) is 2.10. The highest BCUT2D eigenvalue weighted by molar-refractivity contribution is 7.10. The fourth-order valence-corrected chi connectivity index (χ4v) is 3.67. The van der Waals surface area contributed by atoms with Gasteiger partial charge in [-0.2, -0.15) is 11.3 Å². The molecule has 3 aromatic heterocycles. The van der Waals surface area contributed by atoms with Gasteiger partial charge in [0.2, 0.25) is 0 Å². The van der Waals surface area contributed by atoms with Crippen LogP contribution in [0.3, 0.4) is 0 Å². The van der Waals surface area contributed by atoms with Gasteiger partial charge in [-0.15, -0.1) is 16.4 Å². The predicted octanol–water partition coefficient (Wildman–Crippen LogP) is 1.60. The van der Waals surface area contributed by atoms with Gasteiger partial charge in [-0.05, 0) is 28.3 Å². The van der Waals surface area contributed by atoms with Crippen LogP contribution in [0.15, 0.2) is 40.5 Å². The van der Waals surface area contributed by atoms with Crippen LogP contribution in [0.2, 0.25) is 0 Å². The van der Waals surface area contributed by atoms with E-state index in [-0.39, 0.29) is 18.1 Å². The highest BCUT2D eigenvalue weighted by Gasteiger charge is 2.33. The molecule has 3 rings (SSSR count). The highest BCUT2D eigenvalue weighted by Crippen LogP contribution is 2.33. The lowest BCUT2D eigenvalue weighted by molar-refractivity contribution is 0.0718. The molecule has 1 amide bonds. The van der Waals surface area contributed by atoms with Gasteiger partial charge in [0.15, 0.2) is 5.69 Å².